The van der Waals surface area contributed by atoms with Gasteiger partial charge in [-0.15, -0.1) is 0 Å². The number of benzene rings is 1. The van der Waals surface area contributed by atoms with Crippen molar-refractivity contribution < 1.29 is 26.8 Å². The Bertz CT molecular complexity index is 384. The van der Waals surface area contributed by atoms with Crippen molar-refractivity contribution in [2.45, 2.75) is 18.7 Å². The summed E-state index contributed by atoms with van der Waals surface area (Å²) in [6.45, 7) is 2.96. The first-order valence-electron chi connectivity index (χ1n) is 5.56. The van der Waals surface area contributed by atoms with Crippen LogP contribution in [0.25, 0.3) is 0 Å². The number of ketones is 1. The van der Waals surface area contributed by atoms with Gasteiger partial charge in [-0.2, -0.15) is 0 Å². The summed E-state index contributed by atoms with van der Waals surface area (Å²) in [4.78, 5) is 15.0. The van der Waals surface area contributed by atoms with Crippen LogP contribution in [0.3, 0.4) is 0 Å². The van der Waals surface area contributed by atoms with Gasteiger partial charge in [-0.25, -0.2) is 0 Å². The number of rotatable bonds is 6. The average Bonchev–Trinajstić information content (AvgIpc) is 2.39. The van der Waals surface area contributed by atoms with Gasteiger partial charge in [0.05, 0.1) is 0 Å². The average molecular weight is 379 g/mol. The van der Waals surface area contributed by atoms with Crippen LogP contribution in [0.5, 0.6) is 0 Å². The first-order chi connectivity index (χ1) is 8.27. The Morgan fingerprint density at radius 3 is 2.61 bits per heavy atom. The molecule has 0 amide bonds. The largest absolute Gasteiger partial charge is 1.00 e. The molecule has 0 bridgehead atoms. The Morgan fingerprint density at radius 1 is 1.39 bits per heavy atom. The Morgan fingerprint density at radius 2 is 2.06 bits per heavy atom. The second-order valence-electron chi connectivity index (χ2n) is 3.48. The Labute approximate surface area is 124 Å². The summed E-state index contributed by atoms with van der Waals surface area (Å²) in [5.74, 6) is 5.56. The molecule has 1 aromatic carbocycles. The molecule has 0 saturated heterocycles. The van der Waals surface area contributed by atoms with E-state index in [2.05, 4.69) is 17.3 Å². The maximum Gasteiger partial charge on any atom is -1.00 e. The normalized spacial score (nSPS) is 10.7. The Balaban J connectivity index is 0.00000289. The molecule has 0 aliphatic carbocycles. The number of nitrogens with two attached hydrogens (primary N) is 1. The summed E-state index contributed by atoms with van der Waals surface area (Å²) < 4.78 is 0.878. The van der Waals surface area contributed by atoms with Crippen molar-refractivity contribution in [3.05, 3.63) is 35.9 Å². The van der Waals surface area contributed by atoms with Crippen molar-refractivity contribution in [2.24, 2.45) is 5.84 Å². The fraction of sp³-hybridized carbons (Fsp3) is 0.333. The smallest absolute Gasteiger partial charge is 1.00 e. The van der Waals surface area contributed by atoms with Crippen LogP contribution >= 0.6 is 0 Å². The number of hydrazine groups is 1. The van der Waals surface area contributed by atoms with Gasteiger partial charge in [-0.1, -0.05) is 0 Å². The van der Waals surface area contributed by atoms with Crippen molar-refractivity contribution in [1.82, 2.24) is 5.43 Å². The van der Waals surface area contributed by atoms with E-state index in [1.807, 2.05) is 30.3 Å². The SMILES string of the molecule is CCC[NH+]=C(NN)[Se]CC(=O)c1ccccc1.[Br-]. The molecular weight excluding hydrogens is 361 g/mol. The molecule has 4 N–H and O–H groups in total. The van der Waals surface area contributed by atoms with Gasteiger partial charge in [0, 0.05) is 0 Å². The van der Waals surface area contributed by atoms with E-state index in [0.29, 0.717) is 5.32 Å². The molecule has 1 rings (SSSR count). The number of nitrogens with one attached hydrogen (secondary N) is 2. The molecule has 0 spiro atoms. The molecule has 100 valence electrons. The molecule has 0 radical (unpaired) electrons. The van der Waals surface area contributed by atoms with Gasteiger partial charge in [0.15, 0.2) is 0 Å². The van der Waals surface area contributed by atoms with Crippen LogP contribution in [0.15, 0.2) is 30.3 Å². The third-order valence-electron chi connectivity index (χ3n) is 2.11. The first kappa shape index (κ1) is 17.3. The maximum atomic E-state index is 11.8. The zero-order chi connectivity index (χ0) is 12.5. The molecule has 0 saturated carbocycles. The van der Waals surface area contributed by atoms with Crippen molar-refractivity contribution >= 4 is 25.5 Å². The topological polar surface area (TPSA) is 69.1 Å². The molecular formula is C12H18BrN3OSe. The van der Waals surface area contributed by atoms with Crippen LogP contribution in [0, 0.1) is 0 Å². The van der Waals surface area contributed by atoms with E-state index >= 15 is 0 Å². The van der Waals surface area contributed by atoms with Gasteiger partial charge in [0.1, 0.15) is 0 Å². The van der Waals surface area contributed by atoms with E-state index in [1.165, 1.54) is 0 Å². The van der Waals surface area contributed by atoms with Crippen LogP contribution in [-0.2, 0) is 0 Å². The van der Waals surface area contributed by atoms with E-state index in [4.69, 9.17) is 5.84 Å². The minimum absolute atomic E-state index is 0. The maximum absolute atomic E-state index is 11.8. The molecule has 0 aliphatic rings. The number of amidine groups is 1. The van der Waals surface area contributed by atoms with Gasteiger partial charge < -0.3 is 17.0 Å². The van der Waals surface area contributed by atoms with E-state index in [-0.39, 0.29) is 37.7 Å². The van der Waals surface area contributed by atoms with Crippen LogP contribution < -0.4 is 33.2 Å². The zero-order valence-corrected chi connectivity index (χ0v) is 13.6. The summed E-state index contributed by atoms with van der Waals surface area (Å²) >= 11 is 0.0385. The van der Waals surface area contributed by atoms with Gasteiger partial charge in [0.25, 0.3) is 0 Å². The van der Waals surface area contributed by atoms with Crippen LogP contribution in [0.2, 0.25) is 5.32 Å². The fourth-order valence-corrected chi connectivity index (χ4v) is 2.76. The van der Waals surface area contributed by atoms with Crippen LogP contribution in [0.1, 0.15) is 23.7 Å². The van der Waals surface area contributed by atoms with E-state index in [0.717, 1.165) is 23.3 Å². The Kier molecular flexibility index (Phi) is 9.87. The van der Waals surface area contributed by atoms with Gasteiger partial charge in [0.2, 0.25) is 0 Å². The van der Waals surface area contributed by atoms with Gasteiger partial charge >= 0.3 is 108 Å². The van der Waals surface area contributed by atoms with Crippen LogP contribution in [-0.4, -0.2) is 32.0 Å². The molecule has 1 aromatic rings. The molecule has 0 aromatic heterocycles. The monoisotopic (exact) mass is 379 g/mol. The summed E-state index contributed by atoms with van der Waals surface area (Å²) in [5, 5.41) is 0.521. The van der Waals surface area contributed by atoms with Gasteiger partial charge in [-0.3, -0.25) is 0 Å². The summed E-state index contributed by atoms with van der Waals surface area (Å²) in [6, 6.07) is 9.34. The second-order valence-corrected chi connectivity index (χ2v) is 5.55. The van der Waals surface area contributed by atoms with Crippen LogP contribution in [0.4, 0.5) is 0 Å². The molecule has 0 fully saturated rings. The van der Waals surface area contributed by atoms with Crippen molar-refractivity contribution in [3.63, 3.8) is 0 Å². The zero-order valence-electron chi connectivity index (χ0n) is 10.3. The molecule has 0 aliphatic heterocycles. The molecule has 6 heteroatoms. The fourth-order valence-electron chi connectivity index (χ4n) is 1.23. The van der Waals surface area contributed by atoms with E-state index in [1.54, 1.807) is 0 Å². The summed E-state index contributed by atoms with van der Waals surface area (Å²) in [6.07, 6.45) is 1.04. The number of carbonyl (C=O) groups is 1. The summed E-state index contributed by atoms with van der Waals surface area (Å²) in [5.41, 5.74) is 3.39. The third kappa shape index (κ3) is 6.31. The number of hydrogen-bond acceptors (Lipinski definition) is 2. The van der Waals surface area contributed by atoms with Crippen molar-refractivity contribution in [1.29, 1.82) is 0 Å². The predicted octanol–water partition coefficient (Wildman–Crippen LogP) is -3.69. The first-order valence-corrected chi connectivity index (χ1v) is 7.63. The van der Waals surface area contributed by atoms with E-state index in [9.17, 15) is 4.79 Å². The van der Waals surface area contributed by atoms with E-state index < -0.39 is 0 Å². The van der Waals surface area contributed by atoms with Crippen molar-refractivity contribution in [2.75, 3.05) is 6.54 Å². The predicted molar refractivity (Wildman–Crippen MR) is 69.8 cm³/mol. The second kappa shape index (κ2) is 10.3. The molecule has 0 atom stereocenters. The summed E-state index contributed by atoms with van der Waals surface area (Å²) in [7, 11) is 0. The Hall–Kier alpha value is -0.681. The quantitative estimate of drug-likeness (QED) is 0.119. The molecule has 4 nitrogen and oxygen atoms in total. The standard InChI is InChI=1S/C12H17N3OSe.BrH/c1-2-8-14-12(15-13)17-9-11(16)10-6-4-3-5-7-10;/h3-7H,2,8-9,13H2,1H3,(H,14,15);1H. The minimum Gasteiger partial charge on any atom is -1.00 e. The number of hydrogen-bond donors (Lipinski definition) is 3. The molecule has 0 heterocycles. The molecule has 18 heavy (non-hydrogen) atoms. The number of carbonyl (C=O) groups excluding carboxylic acids is 1. The minimum atomic E-state index is 0. The number of halogens is 1. The third-order valence-corrected chi connectivity index (χ3v) is 4.12. The number of Topliss-reactive ketones (excluding diaryl/α,β-unsaturated/α-hetero) is 1. The van der Waals surface area contributed by atoms with Gasteiger partial charge in [-0.05, 0) is 0 Å². The molecule has 0 unspecified atom stereocenters. The van der Waals surface area contributed by atoms with Crippen molar-refractivity contribution in [3.8, 4) is 0 Å².